The van der Waals surface area contributed by atoms with E-state index in [-0.39, 0.29) is 11.5 Å². The fourth-order valence-corrected chi connectivity index (χ4v) is 1.91. The minimum Gasteiger partial charge on any atom is -0.545 e. The van der Waals surface area contributed by atoms with Gasteiger partial charge in [0.05, 0.1) is 5.97 Å². The van der Waals surface area contributed by atoms with Gasteiger partial charge in [-0.05, 0) is 49.2 Å². The Bertz CT molecular complexity index is 697. The summed E-state index contributed by atoms with van der Waals surface area (Å²) in [6, 6.07) is 13.3. The van der Waals surface area contributed by atoms with E-state index in [4.69, 9.17) is 4.74 Å². The van der Waals surface area contributed by atoms with Crippen LogP contribution in [0.15, 0.2) is 48.5 Å². The third kappa shape index (κ3) is 4.09. The van der Waals surface area contributed by atoms with Crippen molar-refractivity contribution in [3.63, 3.8) is 0 Å². The Morgan fingerprint density at radius 3 is 2.55 bits per heavy atom. The molecule has 0 spiro atoms. The molecule has 1 N–H and O–H groups in total. The molecule has 5 heteroatoms. The Morgan fingerprint density at radius 2 is 1.86 bits per heavy atom. The Hall–Kier alpha value is -2.82. The monoisotopic (exact) mass is 298 g/mol. The van der Waals surface area contributed by atoms with E-state index in [0.717, 1.165) is 5.56 Å². The molecule has 0 aromatic heterocycles. The lowest BCUT2D eigenvalue weighted by molar-refractivity contribution is -0.255. The van der Waals surface area contributed by atoms with Crippen LogP contribution >= 0.6 is 0 Å². The number of hydrogen-bond acceptors (Lipinski definition) is 4. The fraction of sp³-hybridized carbons (Fsp3) is 0.176. The van der Waals surface area contributed by atoms with Gasteiger partial charge in [-0.15, -0.1) is 0 Å². The van der Waals surface area contributed by atoms with E-state index in [0.29, 0.717) is 11.4 Å². The summed E-state index contributed by atoms with van der Waals surface area (Å²) in [6.45, 7) is 3.56. The Morgan fingerprint density at radius 1 is 1.14 bits per heavy atom. The van der Waals surface area contributed by atoms with E-state index in [9.17, 15) is 14.7 Å². The van der Waals surface area contributed by atoms with Gasteiger partial charge in [0.25, 0.3) is 5.91 Å². The molecule has 2 aromatic carbocycles. The molecular weight excluding hydrogens is 282 g/mol. The van der Waals surface area contributed by atoms with Crippen LogP contribution in [0.25, 0.3) is 0 Å². The van der Waals surface area contributed by atoms with Crippen LogP contribution in [0.4, 0.5) is 5.69 Å². The lowest BCUT2D eigenvalue weighted by Gasteiger charge is -2.15. The lowest BCUT2D eigenvalue weighted by atomic mass is 10.2. The van der Waals surface area contributed by atoms with Gasteiger partial charge in [-0.25, -0.2) is 0 Å². The molecule has 1 amide bonds. The van der Waals surface area contributed by atoms with Crippen molar-refractivity contribution in [2.75, 3.05) is 5.32 Å². The summed E-state index contributed by atoms with van der Waals surface area (Å²) in [5.41, 5.74) is 1.42. The third-order valence-corrected chi connectivity index (χ3v) is 3.04. The van der Waals surface area contributed by atoms with E-state index >= 15 is 0 Å². The van der Waals surface area contributed by atoms with E-state index in [1.165, 1.54) is 18.2 Å². The first kappa shape index (κ1) is 15.6. The third-order valence-electron chi connectivity index (χ3n) is 3.04. The van der Waals surface area contributed by atoms with Crippen molar-refractivity contribution in [2.24, 2.45) is 0 Å². The lowest BCUT2D eigenvalue weighted by Crippen LogP contribution is -2.30. The SMILES string of the molecule is Cc1cccc(O[C@H](C)C(=O)Nc2cccc(C(=O)[O-])c2)c1. The number of ether oxygens (including phenoxy) is 1. The first-order chi connectivity index (χ1) is 10.5. The number of nitrogens with one attached hydrogen (secondary N) is 1. The molecule has 0 aliphatic heterocycles. The van der Waals surface area contributed by atoms with E-state index in [1.807, 2.05) is 25.1 Å². The quantitative estimate of drug-likeness (QED) is 0.912. The van der Waals surface area contributed by atoms with Crippen LogP contribution in [0.5, 0.6) is 5.75 Å². The van der Waals surface area contributed by atoms with Crippen LogP contribution in [-0.2, 0) is 4.79 Å². The zero-order valence-corrected chi connectivity index (χ0v) is 12.3. The summed E-state index contributed by atoms with van der Waals surface area (Å²) in [7, 11) is 0. The van der Waals surface area contributed by atoms with Gasteiger partial charge in [0.1, 0.15) is 5.75 Å². The number of anilines is 1. The molecule has 5 nitrogen and oxygen atoms in total. The second-order valence-corrected chi connectivity index (χ2v) is 4.93. The van der Waals surface area contributed by atoms with Crippen molar-refractivity contribution in [1.29, 1.82) is 0 Å². The molecule has 114 valence electrons. The fourth-order valence-electron chi connectivity index (χ4n) is 1.91. The number of hydrogen-bond donors (Lipinski definition) is 1. The minimum atomic E-state index is -1.29. The zero-order chi connectivity index (χ0) is 16.1. The number of carboxylic acid groups (broad SMARTS) is 1. The van der Waals surface area contributed by atoms with Crippen LogP contribution in [0.2, 0.25) is 0 Å². The molecule has 2 rings (SSSR count). The van der Waals surface area contributed by atoms with E-state index in [2.05, 4.69) is 5.32 Å². The zero-order valence-electron chi connectivity index (χ0n) is 12.3. The number of carboxylic acids is 1. The van der Waals surface area contributed by atoms with Crippen molar-refractivity contribution < 1.29 is 19.4 Å². The summed E-state index contributed by atoms with van der Waals surface area (Å²) in [4.78, 5) is 22.9. The number of amides is 1. The molecule has 1 atom stereocenters. The van der Waals surface area contributed by atoms with Gasteiger partial charge in [0.2, 0.25) is 0 Å². The predicted molar refractivity (Wildman–Crippen MR) is 80.7 cm³/mol. The van der Waals surface area contributed by atoms with Crippen molar-refractivity contribution in [1.82, 2.24) is 0 Å². The molecule has 0 aliphatic carbocycles. The predicted octanol–water partition coefficient (Wildman–Crippen LogP) is 1.76. The Kier molecular flexibility index (Phi) is 4.78. The summed E-state index contributed by atoms with van der Waals surface area (Å²) in [5.74, 6) is -1.05. The van der Waals surface area contributed by atoms with Crippen molar-refractivity contribution >= 4 is 17.6 Å². The van der Waals surface area contributed by atoms with Gasteiger partial charge in [-0.3, -0.25) is 4.79 Å². The average Bonchev–Trinajstić information content (AvgIpc) is 2.47. The molecule has 0 fully saturated rings. The highest BCUT2D eigenvalue weighted by Gasteiger charge is 2.15. The van der Waals surface area contributed by atoms with Crippen molar-refractivity contribution in [3.8, 4) is 5.75 Å². The maximum atomic E-state index is 12.1. The molecule has 0 saturated heterocycles. The molecule has 22 heavy (non-hydrogen) atoms. The second kappa shape index (κ2) is 6.76. The topological polar surface area (TPSA) is 78.5 Å². The number of rotatable bonds is 5. The highest BCUT2D eigenvalue weighted by atomic mass is 16.5. The van der Waals surface area contributed by atoms with Crippen molar-refractivity contribution in [2.45, 2.75) is 20.0 Å². The van der Waals surface area contributed by atoms with Gasteiger partial charge < -0.3 is 20.0 Å². The summed E-state index contributed by atoms with van der Waals surface area (Å²) in [5, 5.41) is 13.4. The van der Waals surface area contributed by atoms with Crippen LogP contribution in [0, 0.1) is 6.92 Å². The summed E-state index contributed by atoms with van der Waals surface area (Å²) >= 11 is 0. The highest BCUT2D eigenvalue weighted by molar-refractivity contribution is 5.95. The van der Waals surface area contributed by atoms with Gasteiger partial charge in [0, 0.05) is 5.69 Å². The van der Waals surface area contributed by atoms with Gasteiger partial charge in [-0.1, -0.05) is 24.3 Å². The molecule has 0 saturated carbocycles. The molecule has 0 bridgehead atoms. The molecule has 0 unspecified atom stereocenters. The van der Waals surface area contributed by atoms with Crippen LogP contribution in [0.1, 0.15) is 22.8 Å². The smallest absolute Gasteiger partial charge is 0.265 e. The second-order valence-electron chi connectivity index (χ2n) is 4.93. The van der Waals surface area contributed by atoms with Crippen molar-refractivity contribution in [3.05, 3.63) is 59.7 Å². The standard InChI is InChI=1S/C17H17NO4/c1-11-5-3-8-15(9-11)22-12(2)16(19)18-14-7-4-6-13(10-14)17(20)21/h3-10,12H,1-2H3,(H,18,19)(H,20,21)/p-1/t12-/m1/s1. The Balaban J connectivity index is 2.02. The molecule has 0 heterocycles. The molecule has 0 aliphatic rings. The molecular formula is C17H16NO4-. The van der Waals surface area contributed by atoms with Crippen LogP contribution < -0.4 is 15.2 Å². The normalized spacial score (nSPS) is 11.5. The summed E-state index contributed by atoms with van der Waals surface area (Å²) in [6.07, 6.45) is -0.714. The molecule has 0 radical (unpaired) electrons. The number of aromatic carboxylic acids is 1. The minimum absolute atomic E-state index is 0.00468. The van der Waals surface area contributed by atoms with E-state index < -0.39 is 12.1 Å². The number of carbonyl (C=O) groups is 2. The van der Waals surface area contributed by atoms with Gasteiger partial charge in [0.15, 0.2) is 6.10 Å². The highest BCUT2D eigenvalue weighted by Crippen LogP contribution is 2.15. The maximum absolute atomic E-state index is 12.1. The van der Waals surface area contributed by atoms with Gasteiger partial charge in [-0.2, -0.15) is 0 Å². The first-order valence-corrected chi connectivity index (χ1v) is 6.81. The maximum Gasteiger partial charge on any atom is 0.265 e. The largest absolute Gasteiger partial charge is 0.545 e. The Labute approximate surface area is 128 Å². The van der Waals surface area contributed by atoms with E-state index in [1.54, 1.807) is 19.1 Å². The number of aryl methyl sites for hydroxylation is 1. The first-order valence-electron chi connectivity index (χ1n) is 6.81. The number of benzene rings is 2. The van der Waals surface area contributed by atoms with Crippen LogP contribution in [-0.4, -0.2) is 18.0 Å². The average molecular weight is 298 g/mol. The summed E-state index contributed by atoms with van der Waals surface area (Å²) < 4.78 is 5.57. The van der Waals surface area contributed by atoms with Crippen LogP contribution in [0.3, 0.4) is 0 Å². The molecule has 2 aromatic rings. The number of carbonyl (C=O) groups excluding carboxylic acids is 2. The van der Waals surface area contributed by atoms with Gasteiger partial charge >= 0.3 is 0 Å².